The van der Waals surface area contributed by atoms with Gasteiger partial charge < -0.3 is 5.11 Å². The number of hydrogen-bond acceptors (Lipinski definition) is 5. The van der Waals surface area contributed by atoms with Gasteiger partial charge >= 0.3 is 0 Å². The summed E-state index contributed by atoms with van der Waals surface area (Å²) >= 11 is 6.38. The summed E-state index contributed by atoms with van der Waals surface area (Å²) < 4.78 is 0. The molecule has 3 fully saturated rings. The van der Waals surface area contributed by atoms with Crippen molar-refractivity contribution in [3.8, 4) is 5.75 Å². The van der Waals surface area contributed by atoms with Crippen molar-refractivity contribution in [2.75, 3.05) is 11.4 Å². The van der Waals surface area contributed by atoms with Crippen LogP contribution in [0.5, 0.6) is 5.75 Å². The van der Waals surface area contributed by atoms with Crippen molar-refractivity contribution < 1.29 is 24.3 Å². The number of halogens is 1. The molecule has 2 heterocycles. The summed E-state index contributed by atoms with van der Waals surface area (Å²) in [6.45, 7) is 4.09. The van der Waals surface area contributed by atoms with Crippen LogP contribution in [0.3, 0.4) is 0 Å². The van der Waals surface area contributed by atoms with Gasteiger partial charge in [-0.3, -0.25) is 24.1 Å². The number of para-hydroxylation sites is 1. The lowest BCUT2D eigenvalue weighted by atomic mass is 9.51. The Hall–Kier alpha value is -3.45. The molecule has 2 aromatic rings. The Balaban J connectivity index is 1.54. The maximum Gasteiger partial charge on any atom is 0.241 e. The van der Waals surface area contributed by atoms with E-state index >= 15 is 0 Å². The van der Waals surface area contributed by atoms with Gasteiger partial charge in [-0.2, -0.15) is 0 Å². The Bertz CT molecular complexity index is 1400. The zero-order chi connectivity index (χ0) is 26.9. The highest BCUT2D eigenvalue weighted by atomic mass is 35.5. The van der Waals surface area contributed by atoms with Gasteiger partial charge in [-0.05, 0) is 62.4 Å². The Morgan fingerprint density at radius 3 is 2.45 bits per heavy atom. The molecule has 6 rings (SSSR count). The van der Waals surface area contributed by atoms with Crippen LogP contribution in [0, 0.1) is 29.1 Å². The molecule has 0 spiro atoms. The maximum absolute atomic E-state index is 14.2. The quantitative estimate of drug-likeness (QED) is 0.455. The van der Waals surface area contributed by atoms with Crippen molar-refractivity contribution in [2.45, 2.75) is 39.0 Å². The minimum Gasteiger partial charge on any atom is -0.508 e. The second kappa shape index (κ2) is 8.80. The fourth-order valence-electron chi connectivity index (χ4n) is 7.45. The van der Waals surface area contributed by atoms with Crippen LogP contribution in [-0.4, -0.2) is 40.2 Å². The molecule has 4 amide bonds. The second-order valence-corrected chi connectivity index (χ2v) is 11.5. The van der Waals surface area contributed by atoms with E-state index in [-0.39, 0.29) is 35.8 Å². The molecule has 2 aliphatic heterocycles. The monoisotopic (exact) mass is 532 g/mol. The first kappa shape index (κ1) is 24.9. The minimum absolute atomic E-state index is 0.0251. The van der Waals surface area contributed by atoms with Crippen molar-refractivity contribution >= 4 is 40.9 Å². The first-order chi connectivity index (χ1) is 18.2. The number of hydrogen-bond donors (Lipinski definition) is 1. The molecule has 8 heteroatoms. The summed E-state index contributed by atoms with van der Waals surface area (Å²) in [4.78, 5) is 57.7. The molecular formula is C30H29ClN2O5. The van der Waals surface area contributed by atoms with Crippen LogP contribution < -0.4 is 4.90 Å². The molecule has 1 saturated carbocycles. The van der Waals surface area contributed by atoms with Crippen LogP contribution in [0.25, 0.3) is 0 Å². The van der Waals surface area contributed by atoms with Gasteiger partial charge in [0.05, 0.1) is 28.9 Å². The average molecular weight is 533 g/mol. The highest BCUT2D eigenvalue weighted by Gasteiger charge is 2.67. The Kier molecular flexibility index (Phi) is 5.76. The number of carbonyl (C=O) groups excluding carboxylic acids is 4. The molecule has 0 radical (unpaired) electrons. The third-order valence-electron chi connectivity index (χ3n) is 9.13. The summed E-state index contributed by atoms with van der Waals surface area (Å²) in [5, 5.41) is 11.4. The summed E-state index contributed by atoms with van der Waals surface area (Å²) in [6.07, 6.45) is 3.31. The fourth-order valence-corrected chi connectivity index (χ4v) is 7.63. The molecular weight excluding hydrogens is 504 g/mol. The number of aromatic hydroxyl groups is 1. The summed E-state index contributed by atoms with van der Waals surface area (Å²) in [5.74, 6) is -3.93. The van der Waals surface area contributed by atoms with Crippen molar-refractivity contribution in [3.05, 3.63) is 70.8 Å². The molecule has 6 atom stereocenters. The summed E-state index contributed by atoms with van der Waals surface area (Å²) in [6, 6.07) is 13.5. The molecule has 0 unspecified atom stereocenters. The van der Waals surface area contributed by atoms with Crippen LogP contribution in [0.15, 0.2) is 60.2 Å². The van der Waals surface area contributed by atoms with Gasteiger partial charge in [-0.15, -0.1) is 0 Å². The molecule has 196 valence electrons. The van der Waals surface area contributed by atoms with Crippen molar-refractivity contribution in [1.29, 1.82) is 0 Å². The number of fused-ring (bicyclic) bond motifs is 4. The third-order valence-corrected chi connectivity index (χ3v) is 9.36. The number of allylic oxidation sites excluding steroid dienone is 2. The van der Waals surface area contributed by atoms with Crippen molar-refractivity contribution in [3.63, 3.8) is 0 Å². The fraction of sp³-hybridized carbons (Fsp3) is 0.400. The largest absolute Gasteiger partial charge is 0.508 e. The lowest BCUT2D eigenvalue weighted by Gasteiger charge is -2.49. The van der Waals surface area contributed by atoms with Crippen LogP contribution in [0.4, 0.5) is 5.69 Å². The standard InChI is InChI=1S/C30H29ClN2O5/c1-3-13-32-26(35)19-11-10-18-20(24(19)28(32)37)15-22-27(36)33(17-7-5-4-6-8-17)29(38)30(22,2)25(18)21-14-16(31)9-12-23(21)34/h4-10,12,14,19-20,22,24-25,34H,3,11,13,15H2,1-2H3/t19-,20+,22-,24-,25+,30+/m0/s1. The molecule has 2 aliphatic carbocycles. The first-order valence-electron chi connectivity index (χ1n) is 13.2. The zero-order valence-electron chi connectivity index (χ0n) is 21.3. The minimum atomic E-state index is -1.21. The summed E-state index contributed by atoms with van der Waals surface area (Å²) in [7, 11) is 0. The number of carbonyl (C=O) groups is 4. The normalized spacial score (nSPS) is 32.3. The van der Waals surface area contributed by atoms with Crippen LogP contribution in [0.1, 0.15) is 44.6 Å². The number of amides is 4. The molecule has 4 aliphatic rings. The Morgan fingerprint density at radius 1 is 1.00 bits per heavy atom. The smallest absolute Gasteiger partial charge is 0.241 e. The predicted molar refractivity (Wildman–Crippen MR) is 141 cm³/mol. The number of phenols is 1. The number of benzene rings is 2. The van der Waals surface area contributed by atoms with E-state index in [0.717, 1.165) is 5.57 Å². The Morgan fingerprint density at radius 2 is 1.74 bits per heavy atom. The number of rotatable bonds is 4. The Labute approximate surface area is 226 Å². The number of likely N-dealkylation sites (tertiary alicyclic amines) is 1. The highest BCUT2D eigenvalue weighted by molar-refractivity contribution is 6.30. The van der Waals surface area contributed by atoms with Gasteiger partial charge in [0.1, 0.15) is 5.75 Å². The molecule has 7 nitrogen and oxygen atoms in total. The number of anilines is 1. The van der Waals surface area contributed by atoms with Gasteiger partial charge in [0.2, 0.25) is 23.6 Å². The van der Waals surface area contributed by atoms with E-state index in [0.29, 0.717) is 35.7 Å². The second-order valence-electron chi connectivity index (χ2n) is 11.0. The van der Waals surface area contributed by atoms with Gasteiger partial charge in [0, 0.05) is 23.0 Å². The summed E-state index contributed by atoms with van der Waals surface area (Å²) in [5.41, 5.74) is 0.568. The molecule has 2 aromatic carbocycles. The lowest BCUT2D eigenvalue weighted by molar-refractivity contribution is -0.140. The molecule has 2 saturated heterocycles. The molecule has 0 aromatic heterocycles. The SMILES string of the molecule is CCCN1C(=O)[C@H]2[C@H](CC=C3[C@H]2C[C@H]2C(=O)N(c4ccccc4)C(=O)[C@@]2(C)[C@H]3c2cc(Cl)ccc2O)C1=O. The highest BCUT2D eigenvalue weighted by Crippen LogP contribution is 2.64. The van der Waals surface area contributed by atoms with Gasteiger partial charge in [0.25, 0.3) is 0 Å². The van der Waals surface area contributed by atoms with Crippen molar-refractivity contribution in [2.24, 2.45) is 29.1 Å². The van der Waals surface area contributed by atoms with E-state index in [2.05, 4.69) is 0 Å². The van der Waals surface area contributed by atoms with E-state index < -0.39 is 35.0 Å². The van der Waals surface area contributed by atoms with Gasteiger partial charge in [-0.1, -0.05) is 48.4 Å². The number of nitrogens with zero attached hydrogens (tertiary/aromatic N) is 2. The molecule has 1 N–H and O–H groups in total. The van der Waals surface area contributed by atoms with E-state index in [1.54, 1.807) is 43.3 Å². The van der Waals surface area contributed by atoms with E-state index in [4.69, 9.17) is 11.6 Å². The van der Waals surface area contributed by atoms with Crippen molar-refractivity contribution in [1.82, 2.24) is 4.90 Å². The third kappa shape index (κ3) is 3.27. The molecule has 0 bridgehead atoms. The van der Waals surface area contributed by atoms with E-state index in [1.165, 1.54) is 15.9 Å². The predicted octanol–water partition coefficient (Wildman–Crippen LogP) is 4.69. The maximum atomic E-state index is 14.2. The van der Waals surface area contributed by atoms with Crippen LogP contribution in [-0.2, 0) is 19.2 Å². The van der Waals surface area contributed by atoms with Gasteiger partial charge in [-0.25, -0.2) is 4.90 Å². The van der Waals surface area contributed by atoms with E-state index in [1.807, 2.05) is 19.1 Å². The number of imide groups is 2. The van der Waals surface area contributed by atoms with Crippen LogP contribution in [0.2, 0.25) is 5.02 Å². The lowest BCUT2D eigenvalue weighted by Crippen LogP contribution is -2.48. The topological polar surface area (TPSA) is 95.0 Å². The number of phenolic OH excluding ortho intramolecular Hbond substituents is 1. The zero-order valence-corrected chi connectivity index (χ0v) is 22.0. The van der Waals surface area contributed by atoms with Crippen LogP contribution >= 0.6 is 11.6 Å². The molecule has 38 heavy (non-hydrogen) atoms. The average Bonchev–Trinajstić information content (AvgIpc) is 3.26. The van der Waals surface area contributed by atoms with Gasteiger partial charge in [0.15, 0.2) is 0 Å². The van der Waals surface area contributed by atoms with E-state index in [9.17, 15) is 24.3 Å². The first-order valence-corrected chi connectivity index (χ1v) is 13.5.